The van der Waals surface area contributed by atoms with Crippen LogP contribution < -0.4 is 11.1 Å². The predicted octanol–water partition coefficient (Wildman–Crippen LogP) is 0.579. The molecule has 0 fully saturated rings. The molecule has 0 aliphatic carbocycles. The Morgan fingerprint density at radius 1 is 1.57 bits per heavy atom. The van der Waals surface area contributed by atoms with E-state index in [9.17, 15) is 9.59 Å². The minimum atomic E-state index is -1.09. The first kappa shape index (κ1) is 9.97. The van der Waals surface area contributed by atoms with Gasteiger partial charge in [-0.25, -0.2) is 9.59 Å². The lowest BCUT2D eigenvalue weighted by Crippen LogP contribution is -2.19. The maximum Gasteiger partial charge on any atom is 0.337 e. The summed E-state index contributed by atoms with van der Waals surface area (Å²) in [6.45, 7) is 1.57. The number of rotatable bonds is 2. The fourth-order valence-corrected chi connectivity index (χ4v) is 0.960. The van der Waals surface area contributed by atoms with Crippen LogP contribution in [0.3, 0.4) is 0 Å². The molecule has 6 nitrogen and oxygen atoms in total. The van der Waals surface area contributed by atoms with Crippen molar-refractivity contribution in [1.29, 1.82) is 0 Å². The van der Waals surface area contributed by atoms with Gasteiger partial charge in [-0.2, -0.15) is 0 Å². The Balaban J connectivity index is 3.06. The number of nitrogens with one attached hydrogen (secondary N) is 1. The molecule has 0 atom stereocenters. The Morgan fingerprint density at radius 2 is 2.21 bits per heavy atom. The van der Waals surface area contributed by atoms with E-state index >= 15 is 0 Å². The molecule has 14 heavy (non-hydrogen) atoms. The zero-order valence-electron chi connectivity index (χ0n) is 7.44. The molecule has 0 bridgehead atoms. The SMILES string of the molecule is Cc1ncc(NC(N)=O)cc1C(=O)O. The first-order valence-corrected chi connectivity index (χ1v) is 3.77. The molecule has 0 aliphatic heterocycles. The predicted molar refractivity (Wildman–Crippen MR) is 49.1 cm³/mol. The Bertz CT molecular complexity index is 389. The molecule has 0 radical (unpaired) electrons. The standard InChI is InChI=1S/C8H9N3O3/c1-4-6(7(12)13)2-5(3-10-4)11-8(9)14/h2-3H,1H3,(H,12,13)(H3,9,11,14). The summed E-state index contributed by atoms with van der Waals surface area (Å²) in [5, 5.41) is 11.0. The van der Waals surface area contributed by atoms with Gasteiger partial charge in [0.2, 0.25) is 0 Å². The van der Waals surface area contributed by atoms with Gasteiger partial charge < -0.3 is 16.2 Å². The number of primary amides is 1. The quantitative estimate of drug-likeness (QED) is 0.641. The Kier molecular flexibility index (Phi) is 2.66. The number of aryl methyl sites for hydroxylation is 1. The summed E-state index contributed by atoms with van der Waals surface area (Å²) in [5.41, 5.74) is 5.55. The number of urea groups is 1. The largest absolute Gasteiger partial charge is 0.478 e. The molecule has 74 valence electrons. The van der Waals surface area contributed by atoms with Crippen molar-refractivity contribution in [3.63, 3.8) is 0 Å². The number of amides is 2. The highest BCUT2D eigenvalue weighted by molar-refractivity contribution is 5.92. The van der Waals surface area contributed by atoms with Crippen LogP contribution in [0.25, 0.3) is 0 Å². The highest BCUT2D eigenvalue weighted by atomic mass is 16.4. The first-order chi connectivity index (χ1) is 6.50. The van der Waals surface area contributed by atoms with Crippen molar-refractivity contribution in [3.05, 3.63) is 23.5 Å². The second kappa shape index (κ2) is 3.73. The van der Waals surface area contributed by atoms with Crippen LogP contribution in [0.5, 0.6) is 0 Å². The average molecular weight is 195 g/mol. The van der Waals surface area contributed by atoms with E-state index in [0.29, 0.717) is 5.69 Å². The van der Waals surface area contributed by atoms with E-state index in [0.717, 1.165) is 0 Å². The van der Waals surface area contributed by atoms with Crippen molar-refractivity contribution in [3.8, 4) is 0 Å². The van der Waals surface area contributed by atoms with E-state index in [2.05, 4.69) is 10.3 Å². The molecule has 0 saturated heterocycles. The number of carbonyl (C=O) groups is 2. The number of carboxylic acid groups (broad SMARTS) is 1. The van der Waals surface area contributed by atoms with Gasteiger partial charge in [-0.3, -0.25) is 4.98 Å². The highest BCUT2D eigenvalue weighted by Gasteiger charge is 2.09. The topological polar surface area (TPSA) is 105 Å². The van der Waals surface area contributed by atoms with Gasteiger partial charge >= 0.3 is 12.0 Å². The van der Waals surface area contributed by atoms with Crippen molar-refractivity contribution in [2.24, 2.45) is 5.73 Å². The van der Waals surface area contributed by atoms with E-state index < -0.39 is 12.0 Å². The van der Waals surface area contributed by atoms with E-state index in [1.165, 1.54) is 12.3 Å². The zero-order chi connectivity index (χ0) is 10.7. The molecule has 1 aromatic rings. The van der Waals surface area contributed by atoms with Gasteiger partial charge in [0.15, 0.2) is 0 Å². The number of hydrogen-bond donors (Lipinski definition) is 3. The molecular formula is C8H9N3O3. The lowest BCUT2D eigenvalue weighted by molar-refractivity contribution is 0.0695. The fourth-order valence-electron chi connectivity index (χ4n) is 0.960. The Labute approximate surface area is 79.8 Å². The summed E-state index contributed by atoms with van der Waals surface area (Å²) in [6.07, 6.45) is 1.34. The van der Waals surface area contributed by atoms with Crippen molar-refractivity contribution >= 4 is 17.7 Å². The molecular weight excluding hydrogens is 186 g/mol. The first-order valence-electron chi connectivity index (χ1n) is 3.77. The minimum absolute atomic E-state index is 0.0382. The third-order valence-corrected chi connectivity index (χ3v) is 1.58. The van der Waals surface area contributed by atoms with Crippen LogP contribution in [0.2, 0.25) is 0 Å². The van der Waals surface area contributed by atoms with Gasteiger partial charge in [0.25, 0.3) is 0 Å². The smallest absolute Gasteiger partial charge is 0.337 e. The summed E-state index contributed by atoms with van der Waals surface area (Å²) in [5.74, 6) is -1.09. The summed E-state index contributed by atoms with van der Waals surface area (Å²) in [7, 11) is 0. The summed E-state index contributed by atoms with van der Waals surface area (Å²) < 4.78 is 0. The minimum Gasteiger partial charge on any atom is -0.478 e. The molecule has 0 aliphatic rings. The molecule has 4 N–H and O–H groups in total. The highest BCUT2D eigenvalue weighted by Crippen LogP contribution is 2.11. The second-order valence-electron chi connectivity index (χ2n) is 2.65. The van der Waals surface area contributed by atoms with E-state index in [-0.39, 0.29) is 11.3 Å². The van der Waals surface area contributed by atoms with Gasteiger partial charge in [-0.1, -0.05) is 0 Å². The third kappa shape index (κ3) is 2.19. The molecule has 1 heterocycles. The maximum absolute atomic E-state index is 10.7. The van der Waals surface area contributed by atoms with Crippen LogP contribution in [0, 0.1) is 6.92 Å². The molecule has 0 aromatic carbocycles. The number of nitrogens with two attached hydrogens (primary N) is 1. The number of anilines is 1. The normalized spacial score (nSPS) is 9.50. The summed E-state index contributed by atoms with van der Waals surface area (Å²) in [6, 6.07) is 0.544. The number of aromatic carboxylic acids is 1. The fraction of sp³-hybridized carbons (Fsp3) is 0.125. The van der Waals surface area contributed by atoms with Crippen LogP contribution in [0.15, 0.2) is 12.3 Å². The van der Waals surface area contributed by atoms with Gasteiger partial charge in [-0.15, -0.1) is 0 Å². The van der Waals surface area contributed by atoms with Crippen LogP contribution in [-0.4, -0.2) is 22.1 Å². The number of aromatic nitrogens is 1. The zero-order valence-corrected chi connectivity index (χ0v) is 7.44. The van der Waals surface area contributed by atoms with Crippen LogP contribution in [0.1, 0.15) is 16.1 Å². The average Bonchev–Trinajstić information content (AvgIpc) is 2.07. The van der Waals surface area contributed by atoms with Gasteiger partial charge in [0.1, 0.15) is 0 Å². The van der Waals surface area contributed by atoms with Crippen molar-refractivity contribution in [1.82, 2.24) is 4.98 Å². The molecule has 2 amide bonds. The molecule has 1 rings (SSSR count). The Hall–Kier alpha value is -2.11. The van der Waals surface area contributed by atoms with Crippen LogP contribution in [-0.2, 0) is 0 Å². The molecule has 0 saturated carbocycles. The van der Waals surface area contributed by atoms with E-state index in [4.69, 9.17) is 10.8 Å². The van der Waals surface area contributed by atoms with Gasteiger partial charge in [-0.05, 0) is 13.0 Å². The lowest BCUT2D eigenvalue weighted by Gasteiger charge is -2.04. The summed E-state index contributed by atoms with van der Waals surface area (Å²) >= 11 is 0. The molecule has 0 unspecified atom stereocenters. The van der Waals surface area contributed by atoms with Gasteiger partial charge in [0, 0.05) is 0 Å². The second-order valence-corrected chi connectivity index (χ2v) is 2.65. The number of carbonyl (C=O) groups excluding carboxylic acids is 1. The number of pyridine rings is 1. The number of nitrogens with zero attached hydrogens (tertiary/aromatic N) is 1. The third-order valence-electron chi connectivity index (χ3n) is 1.58. The molecule has 0 spiro atoms. The maximum atomic E-state index is 10.7. The lowest BCUT2D eigenvalue weighted by atomic mass is 10.2. The number of carboxylic acids is 1. The molecule has 1 aromatic heterocycles. The van der Waals surface area contributed by atoms with Crippen LogP contribution >= 0.6 is 0 Å². The van der Waals surface area contributed by atoms with E-state index in [1.807, 2.05) is 0 Å². The van der Waals surface area contributed by atoms with Crippen molar-refractivity contribution in [2.45, 2.75) is 6.92 Å². The number of hydrogen-bond acceptors (Lipinski definition) is 3. The van der Waals surface area contributed by atoms with Crippen LogP contribution in [0.4, 0.5) is 10.5 Å². The van der Waals surface area contributed by atoms with Crippen molar-refractivity contribution in [2.75, 3.05) is 5.32 Å². The van der Waals surface area contributed by atoms with Crippen molar-refractivity contribution < 1.29 is 14.7 Å². The molecule has 6 heteroatoms. The Morgan fingerprint density at radius 3 is 2.71 bits per heavy atom. The van der Waals surface area contributed by atoms with E-state index in [1.54, 1.807) is 6.92 Å². The van der Waals surface area contributed by atoms with Gasteiger partial charge in [0.05, 0.1) is 23.1 Å². The summed E-state index contributed by atoms with van der Waals surface area (Å²) in [4.78, 5) is 24.9. The monoisotopic (exact) mass is 195 g/mol.